The summed E-state index contributed by atoms with van der Waals surface area (Å²) in [4.78, 5) is 22.2. The van der Waals surface area contributed by atoms with Crippen molar-refractivity contribution in [1.29, 1.82) is 0 Å². The molecule has 1 fully saturated rings. The number of carbonyl (C=O) groups excluding carboxylic acids is 1. The number of aliphatic hydroxyl groups is 1. The quantitative estimate of drug-likeness (QED) is 0.133. The van der Waals surface area contributed by atoms with Crippen LogP contribution in [-0.4, -0.2) is 64.8 Å². The summed E-state index contributed by atoms with van der Waals surface area (Å²) < 4.78 is 21.2. The lowest BCUT2D eigenvalue weighted by Crippen LogP contribution is -2.44. The molecule has 0 unspecified atom stereocenters. The molecule has 1 aliphatic rings. The Hall–Kier alpha value is -3.80. The van der Waals surface area contributed by atoms with Gasteiger partial charge in [0.25, 0.3) is 0 Å². The third-order valence-electron chi connectivity index (χ3n) is 8.24. The molecule has 248 valence electrons. The van der Waals surface area contributed by atoms with E-state index in [1.807, 2.05) is 35.2 Å². The first-order valence-electron chi connectivity index (χ1n) is 15.5. The molecule has 3 heterocycles. The van der Waals surface area contributed by atoms with E-state index in [9.17, 15) is 9.90 Å². The summed E-state index contributed by atoms with van der Waals surface area (Å²) in [5, 5.41) is 20.0. The normalized spacial score (nSPS) is 14.2. The summed E-state index contributed by atoms with van der Waals surface area (Å²) in [7, 11) is 1.60. The van der Waals surface area contributed by atoms with Crippen LogP contribution in [0.5, 0.6) is 5.75 Å². The monoisotopic (exact) mass is 680 g/mol. The molecule has 47 heavy (non-hydrogen) atoms. The second kappa shape index (κ2) is 15.9. The second-order valence-corrected chi connectivity index (χ2v) is 12.4. The van der Waals surface area contributed by atoms with Gasteiger partial charge in [-0.25, -0.2) is 9.37 Å². The van der Waals surface area contributed by atoms with E-state index in [2.05, 4.69) is 25.9 Å². The molecule has 4 N–H and O–H groups in total. The van der Waals surface area contributed by atoms with Crippen LogP contribution in [0.1, 0.15) is 37.8 Å². The number of pyridine rings is 2. The van der Waals surface area contributed by atoms with Crippen molar-refractivity contribution in [1.82, 2.24) is 25.5 Å². The molecular formula is C35H39Cl2FN6O3. The van der Waals surface area contributed by atoms with Gasteiger partial charge in [-0.15, -0.1) is 0 Å². The molecule has 1 amide bonds. The Morgan fingerprint density at radius 1 is 1.04 bits per heavy atom. The second-order valence-electron chi connectivity index (χ2n) is 11.6. The maximum absolute atomic E-state index is 15.6. The van der Waals surface area contributed by atoms with Crippen LogP contribution >= 0.6 is 23.2 Å². The van der Waals surface area contributed by atoms with Crippen molar-refractivity contribution in [3.63, 3.8) is 0 Å². The van der Waals surface area contributed by atoms with Gasteiger partial charge in [-0.1, -0.05) is 47.5 Å². The Morgan fingerprint density at radius 3 is 2.51 bits per heavy atom. The van der Waals surface area contributed by atoms with Crippen molar-refractivity contribution in [2.45, 2.75) is 51.9 Å². The molecule has 0 saturated carbocycles. The fourth-order valence-corrected chi connectivity index (χ4v) is 6.23. The number of hydrogen-bond donors (Lipinski definition) is 4. The van der Waals surface area contributed by atoms with Crippen molar-refractivity contribution in [3.05, 3.63) is 87.9 Å². The molecule has 1 aliphatic heterocycles. The molecule has 1 saturated heterocycles. The zero-order valence-corrected chi connectivity index (χ0v) is 28.1. The summed E-state index contributed by atoms with van der Waals surface area (Å²) in [6.45, 7) is 6.02. The number of rotatable bonds is 12. The van der Waals surface area contributed by atoms with Gasteiger partial charge in [0.15, 0.2) is 11.6 Å². The Bertz CT molecular complexity index is 1720. The lowest BCUT2D eigenvalue weighted by Gasteiger charge is -2.31. The Balaban J connectivity index is 1.34. The number of halogens is 3. The topological polar surface area (TPSA) is 112 Å². The number of anilines is 2. The largest absolute Gasteiger partial charge is 0.496 e. The number of aromatic nitrogens is 2. The number of benzene rings is 2. The minimum atomic E-state index is -0.467. The Kier molecular flexibility index (Phi) is 11.7. The molecule has 0 bridgehead atoms. The number of hydrogen-bond acceptors (Lipinski definition) is 8. The van der Waals surface area contributed by atoms with Crippen LogP contribution in [0.4, 0.5) is 15.9 Å². The average Bonchev–Trinajstić information content (AvgIpc) is 3.06. The van der Waals surface area contributed by atoms with Crippen LogP contribution in [0.25, 0.3) is 22.4 Å². The van der Waals surface area contributed by atoms with E-state index >= 15 is 4.39 Å². The van der Waals surface area contributed by atoms with E-state index in [0.717, 1.165) is 24.0 Å². The van der Waals surface area contributed by atoms with Gasteiger partial charge < -0.3 is 30.7 Å². The number of nitrogens with zero attached hydrogens (tertiary/aromatic N) is 3. The van der Waals surface area contributed by atoms with E-state index in [4.69, 9.17) is 27.9 Å². The van der Waals surface area contributed by atoms with E-state index in [0.29, 0.717) is 76.6 Å². The van der Waals surface area contributed by atoms with Crippen LogP contribution in [0.15, 0.2) is 60.9 Å². The molecule has 1 atom stereocenters. The summed E-state index contributed by atoms with van der Waals surface area (Å²) in [5.74, 6) is 0.341. The molecule has 2 aromatic heterocycles. The number of likely N-dealkylation sites (tertiary alicyclic amines) is 1. The molecular weight excluding hydrogens is 642 g/mol. The predicted octanol–water partition coefficient (Wildman–Crippen LogP) is 6.58. The number of amides is 1. The van der Waals surface area contributed by atoms with Gasteiger partial charge in [0.05, 0.1) is 34.6 Å². The number of methoxy groups -OCH3 is 1. The average molecular weight is 682 g/mol. The first-order chi connectivity index (χ1) is 22.7. The van der Waals surface area contributed by atoms with Crippen molar-refractivity contribution in [3.8, 4) is 28.1 Å². The van der Waals surface area contributed by atoms with E-state index < -0.39 is 11.9 Å². The standard InChI is InChI=1S/C35H39Cl2FN6O3/c1-21(45)18-39-19-24-8-7-23(17-30(24)47-3)34-32(37)28(10-14-40-34)27-5-4-6-29(31(27)36)43-35-33(38)25(9-13-41-35)20-42-26-11-15-44(16-12-26)22(2)46/h4-10,13-14,17,21,26,39,42,45H,11-12,15-16,18-20H2,1-3H3,(H,41,43)/t21-/m1/s1. The summed E-state index contributed by atoms with van der Waals surface area (Å²) in [5.41, 5.74) is 4.51. The highest BCUT2D eigenvalue weighted by Gasteiger charge is 2.22. The van der Waals surface area contributed by atoms with Gasteiger partial charge >= 0.3 is 0 Å². The van der Waals surface area contributed by atoms with Crippen molar-refractivity contribution < 1.29 is 19.0 Å². The third kappa shape index (κ3) is 8.38. The molecule has 12 heteroatoms. The van der Waals surface area contributed by atoms with Gasteiger partial charge in [0.2, 0.25) is 5.91 Å². The summed E-state index contributed by atoms with van der Waals surface area (Å²) >= 11 is 13.9. The van der Waals surface area contributed by atoms with Crippen LogP contribution in [0.2, 0.25) is 10.0 Å². The number of carbonyl (C=O) groups is 1. The van der Waals surface area contributed by atoms with Crippen LogP contribution in [0, 0.1) is 5.82 Å². The highest BCUT2D eigenvalue weighted by atomic mass is 35.5. The smallest absolute Gasteiger partial charge is 0.219 e. The molecule has 4 aromatic rings. The van der Waals surface area contributed by atoms with Crippen molar-refractivity contribution in [2.24, 2.45) is 0 Å². The predicted molar refractivity (Wildman–Crippen MR) is 185 cm³/mol. The first-order valence-corrected chi connectivity index (χ1v) is 16.3. The number of nitrogens with one attached hydrogen (secondary N) is 3. The van der Waals surface area contributed by atoms with Crippen molar-refractivity contribution >= 4 is 40.6 Å². The maximum Gasteiger partial charge on any atom is 0.219 e. The third-order valence-corrected chi connectivity index (χ3v) is 9.03. The minimum Gasteiger partial charge on any atom is -0.496 e. The highest BCUT2D eigenvalue weighted by Crippen LogP contribution is 2.41. The summed E-state index contributed by atoms with van der Waals surface area (Å²) in [6, 6.07) is 14.8. The first kappa shape index (κ1) is 34.5. The SMILES string of the molecule is COc1cc(-c2nccc(-c3cccc(Nc4nccc(CNC5CCN(C(C)=O)CC5)c4F)c3Cl)c2Cl)ccc1CNC[C@@H](C)O. The lowest BCUT2D eigenvalue weighted by molar-refractivity contribution is -0.129. The summed E-state index contributed by atoms with van der Waals surface area (Å²) in [6.07, 6.45) is 4.41. The van der Waals surface area contributed by atoms with Gasteiger partial charge in [-0.2, -0.15) is 0 Å². The molecule has 0 aliphatic carbocycles. The minimum absolute atomic E-state index is 0.0615. The van der Waals surface area contributed by atoms with Gasteiger partial charge in [-0.05, 0) is 44.0 Å². The molecule has 0 radical (unpaired) electrons. The van der Waals surface area contributed by atoms with E-state index in [1.165, 1.54) is 0 Å². The maximum atomic E-state index is 15.6. The fraction of sp³-hybridized carbons (Fsp3) is 0.343. The number of piperidine rings is 1. The number of aliphatic hydroxyl groups excluding tert-OH is 1. The molecule has 0 spiro atoms. The molecule has 5 rings (SSSR count). The zero-order valence-electron chi connectivity index (χ0n) is 26.6. The lowest BCUT2D eigenvalue weighted by atomic mass is 10.0. The fourth-order valence-electron chi connectivity index (χ4n) is 5.63. The van der Waals surface area contributed by atoms with Crippen LogP contribution in [-0.2, 0) is 17.9 Å². The van der Waals surface area contributed by atoms with E-state index in [1.54, 1.807) is 51.6 Å². The van der Waals surface area contributed by atoms with Crippen molar-refractivity contribution in [2.75, 3.05) is 32.1 Å². The van der Waals surface area contributed by atoms with Crippen LogP contribution < -0.4 is 20.7 Å². The van der Waals surface area contributed by atoms with Crippen LogP contribution in [0.3, 0.4) is 0 Å². The zero-order chi connectivity index (χ0) is 33.5. The molecule has 9 nitrogen and oxygen atoms in total. The highest BCUT2D eigenvalue weighted by molar-refractivity contribution is 6.39. The van der Waals surface area contributed by atoms with Gasteiger partial charge in [0, 0.05) is 85.9 Å². The number of ether oxygens (including phenoxy) is 1. The Morgan fingerprint density at radius 2 is 1.79 bits per heavy atom. The Labute approximate surface area is 284 Å². The van der Waals surface area contributed by atoms with E-state index in [-0.39, 0.29) is 17.8 Å². The molecule has 2 aromatic carbocycles. The van der Waals surface area contributed by atoms with Gasteiger partial charge in [0.1, 0.15) is 5.75 Å². The van der Waals surface area contributed by atoms with Gasteiger partial charge in [-0.3, -0.25) is 9.78 Å².